The van der Waals surface area contributed by atoms with Gasteiger partial charge in [0.05, 0.1) is 6.26 Å². The molecule has 0 aliphatic carbocycles. The normalized spacial score (nSPS) is 19.7. The zero-order chi connectivity index (χ0) is 13.0. The smallest absolute Gasteiger partial charge is 0.374 e. The van der Waals surface area contributed by atoms with Gasteiger partial charge in [-0.1, -0.05) is 6.92 Å². The topological polar surface area (TPSA) is 42.7 Å². The molecule has 1 aromatic heterocycles. The standard InChI is InChI=1S/C14H21NO3/c1-11-5-7-15(8-6-11)10-12(2)18-14(16)13-4-3-9-17-13/h3-4,9,11-12H,5-8,10H2,1-2H3/t12-/m0/s1. The summed E-state index contributed by atoms with van der Waals surface area (Å²) in [5.41, 5.74) is 0. The molecule has 4 heteroatoms. The number of ether oxygens (including phenoxy) is 1. The van der Waals surface area contributed by atoms with Gasteiger partial charge in [-0.15, -0.1) is 0 Å². The minimum absolute atomic E-state index is 0.101. The molecule has 1 aliphatic heterocycles. The summed E-state index contributed by atoms with van der Waals surface area (Å²) in [4.78, 5) is 14.0. The monoisotopic (exact) mass is 251 g/mol. The minimum atomic E-state index is -0.377. The van der Waals surface area contributed by atoms with Crippen molar-refractivity contribution in [3.63, 3.8) is 0 Å². The number of furan rings is 1. The molecule has 0 unspecified atom stereocenters. The van der Waals surface area contributed by atoms with Gasteiger partial charge in [0.1, 0.15) is 6.10 Å². The lowest BCUT2D eigenvalue weighted by Gasteiger charge is -2.31. The third kappa shape index (κ3) is 3.60. The third-order valence-electron chi connectivity index (χ3n) is 3.42. The number of likely N-dealkylation sites (tertiary alicyclic amines) is 1. The molecule has 0 saturated carbocycles. The van der Waals surface area contributed by atoms with E-state index in [-0.39, 0.29) is 17.8 Å². The molecule has 0 radical (unpaired) electrons. The first-order valence-electron chi connectivity index (χ1n) is 6.62. The number of carbonyl (C=O) groups excluding carboxylic acids is 1. The van der Waals surface area contributed by atoms with Crippen molar-refractivity contribution in [2.75, 3.05) is 19.6 Å². The Morgan fingerprint density at radius 3 is 2.89 bits per heavy atom. The van der Waals surface area contributed by atoms with Crippen LogP contribution in [0.4, 0.5) is 0 Å². The molecule has 1 saturated heterocycles. The molecule has 4 nitrogen and oxygen atoms in total. The molecule has 18 heavy (non-hydrogen) atoms. The fourth-order valence-electron chi connectivity index (χ4n) is 2.28. The van der Waals surface area contributed by atoms with E-state index >= 15 is 0 Å². The van der Waals surface area contributed by atoms with Crippen molar-refractivity contribution in [3.8, 4) is 0 Å². The first-order chi connectivity index (χ1) is 8.65. The predicted molar refractivity (Wildman–Crippen MR) is 68.4 cm³/mol. The molecule has 0 aromatic carbocycles. The van der Waals surface area contributed by atoms with Crippen LogP contribution in [-0.4, -0.2) is 36.6 Å². The van der Waals surface area contributed by atoms with Gasteiger partial charge in [0, 0.05) is 6.54 Å². The number of rotatable bonds is 4. The SMILES string of the molecule is CC1CCN(C[C@H](C)OC(=O)c2ccco2)CC1. The van der Waals surface area contributed by atoms with Crippen LogP contribution in [0.1, 0.15) is 37.2 Å². The summed E-state index contributed by atoms with van der Waals surface area (Å²) in [6, 6.07) is 3.31. The average molecular weight is 251 g/mol. The average Bonchev–Trinajstić information content (AvgIpc) is 2.85. The maximum Gasteiger partial charge on any atom is 0.374 e. The maximum atomic E-state index is 11.7. The Morgan fingerprint density at radius 1 is 1.56 bits per heavy atom. The highest BCUT2D eigenvalue weighted by molar-refractivity contribution is 5.86. The van der Waals surface area contributed by atoms with Crippen LogP contribution in [0, 0.1) is 5.92 Å². The zero-order valence-electron chi connectivity index (χ0n) is 11.1. The van der Waals surface area contributed by atoms with E-state index in [0.717, 1.165) is 25.6 Å². The van der Waals surface area contributed by atoms with E-state index in [2.05, 4.69) is 11.8 Å². The van der Waals surface area contributed by atoms with Gasteiger partial charge >= 0.3 is 5.97 Å². The Bertz CT molecular complexity index is 366. The van der Waals surface area contributed by atoms with Crippen molar-refractivity contribution < 1.29 is 13.9 Å². The molecule has 1 fully saturated rings. The quantitative estimate of drug-likeness (QED) is 0.771. The van der Waals surface area contributed by atoms with E-state index in [1.54, 1.807) is 12.1 Å². The van der Waals surface area contributed by atoms with E-state index in [9.17, 15) is 4.79 Å². The molecule has 0 amide bonds. The first kappa shape index (κ1) is 13.1. The number of hydrogen-bond acceptors (Lipinski definition) is 4. The van der Waals surface area contributed by atoms with Crippen LogP contribution in [-0.2, 0) is 4.74 Å². The summed E-state index contributed by atoms with van der Waals surface area (Å²) in [7, 11) is 0. The van der Waals surface area contributed by atoms with Crippen molar-refractivity contribution in [2.24, 2.45) is 5.92 Å². The molecule has 1 aliphatic rings. The minimum Gasteiger partial charge on any atom is -0.457 e. The molecule has 0 bridgehead atoms. The van der Waals surface area contributed by atoms with E-state index in [1.807, 2.05) is 6.92 Å². The second-order valence-electron chi connectivity index (χ2n) is 5.18. The Labute approximate surface area is 108 Å². The second kappa shape index (κ2) is 6.05. The van der Waals surface area contributed by atoms with Crippen LogP contribution in [0.15, 0.2) is 22.8 Å². The first-order valence-corrected chi connectivity index (χ1v) is 6.62. The second-order valence-corrected chi connectivity index (χ2v) is 5.18. The summed E-state index contributed by atoms with van der Waals surface area (Å²) in [6.07, 6.45) is 3.85. The van der Waals surface area contributed by atoms with Crippen LogP contribution in [0.2, 0.25) is 0 Å². The number of carbonyl (C=O) groups is 1. The van der Waals surface area contributed by atoms with E-state index in [0.29, 0.717) is 0 Å². The van der Waals surface area contributed by atoms with Gasteiger partial charge in [0.15, 0.2) is 0 Å². The maximum absolute atomic E-state index is 11.7. The van der Waals surface area contributed by atoms with E-state index in [1.165, 1.54) is 19.1 Å². The van der Waals surface area contributed by atoms with Gasteiger partial charge in [-0.3, -0.25) is 4.90 Å². The molecule has 0 N–H and O–H groups in total. The highest BCUT2D eigenvalue weighted by Crippen LogP contribution is 2.16. The van der Waals surface area contributed by atoms with Crippen molar-refractivity contribution in [3.05, 3.63) is 24.2 Å². The Kier molecular flexibility index (Phi) is 4.42. The van der Waals surface area contributed by atoms with Crippen molar-refractivity contribution in [2.45, 2.75) is 32.8 Å². The lowest BCUT2D eigenvalue weighted by atomic mass is 9.99. The predicted octanol–water partition coefficient (Wildman–Crippen LogP) is 2.56. The van der Waals surface area contributed by atoms with Gasteiger partial charge < -0.3 is 9.15 Å². The van der Waals surface area contributed by atoms with E-state index in [4.69, 9.17) is 9.15 Å². The molecule has 1 aromatic rings. The van der Waals surface area contributed by atoms with Crippen LogP contribution < -0.4 is 0 Å². The molecule has 2 rings (SSSR count). The van der Waals surface area contributed by atoms with E-state index < -0.39 is 0 Å². The van der Waals surface area contributed by atoms with Crippen LogP contribution >= 0.6 is 0 Å². The summed E-state index contributed by atoms with van der Waals surface area (Å²) in [6.45, 7) is 7.23. The van der Waals surface area contributed by atoms with Gasteiger partial charge in [-0.2, -0.15) is 0 Å². The number of esters is 1. The number of nitrogens with zero attached hydrogens (tertiary/aromatic N) is 1. The van der Waals surface area contributed by atoms with Gasteiger partial charge in [0.25, 0.3) is 0 Å². The summed E-state index contributed by atoms with van der Waals surface area (Å²) in [5.74, 6) is 0.717. The Balaban J connectivity index is 1.75. The molecular formula is C14H21NO3. The fraction of sp³-hybridized carbons (Fsp3) is 0.643. The summed E-state index contributed by atoms with van der Waals surface area (Å²) in [5, 5.41) is 0. The van der Waals surface area contributed by atoms with Crippen molar-refractivity contribution >= 4 is 5.97 Å². The van der Waals surface area contributed by atoms with Crippen LogP contribution in [0.5, 0.6) is 0 Å². The zero-order valence-corrected chi connectivity index (χ0v) is 11.1. The molecule has 1 atom stereocenters. The largest absolute Gasteiger partial charge is 0.457 e. The Morgan fingerprint density at radius 2 is 2.28 bits per heavy atom. The lowest BCUT2D eigenvalue weighted by molar-refractivity contribution is 0.0189. The highest BCUT2D eigenvalue weighted by Gasteiger charge is 2.20. The van der Waals surface area contributed by atoms with Gasteiger partial charge in [-0.25, -0.2) is 4.79 Å². The van der Waals surface area contributed by atoms with Gasteiger partial charge in [0.2, 0.25) is 5.76 Å². The van der Waals surface area contributed by atoms with Gasteiger partial charge in [-0.05, 0) is 50.9 Å². The third-order valence-corrected chi connectivity index (χ3v) is 3.42. The molecule has 2 heterocycles. The number of hydrogen-bond donors (Lipinski definition) is 0. The summed E-state index contributed by atoms with van der Waals surface area (Å²) < 4.78 is 10.4. The molecule has 100 valence electrons. The fourth-order valence-corrected chi connectivity index (χ4v) is 2.28. The highest BCUT2D eigenvalue weighted by atomic mass is 16.6. The number of piperidine rings is 1. The van der Waals surface area contributed by atoms with Crippen LogP contribution in [0.25, 0.3) is 0 Å². The lowest BCUT2D eigenvalue weighted by Crippen LogP contribution is -2.38. The Hall–Kier alpha value is -1.29. The summed E-state index contributed by atoms with van der Waals surface area (Å²) >= 11 is 0. The van der Waals surface area contributed by atoms with Crippen LogP contribution in [0.3, 0.4) is 0 Å². The van der Waals surface area contributed by atoms with Crippen molar-refractivity contribution in [1.29, 1.82) is 0 Å². The molecule has 0 spiro atoms. The van der Waals surface area contributed by atoms with Crippen molar-refractivity contribution in [1.82, 2.24) is 4.90 Å². The molecular weight excluding hydrogens is 230 g/mol.